The molecule has 0 aliphatic rings. The predicted octanol–water partition coefficient (Wildman–Crippen LogP) is 4.37. The molecule has 2 heteroatoms. The van der Waals surface area contributed by atoms with E-state index in [1.54, 1.807) is 19.9 Å². The molecule has 0 heterocycles. The third kappa shape index (κ3) is 5.06. The summed E-state index contributed by atoms with van der Waals surface area (Å²) < 4.78 is 13.3. The van der Waals surface area contributed by atoms with Gasteiger partial charge in [0.25, 0.3) is 0 Å². The Morgan fingerprint density at radius 3 is 2.31 bits per heavy atom. The predicted molar refractivity (Wildman–Crippen MR) is 66.8 cm³/mol. The Kier molecular flexibility index (Phi) is 7.44. The highest BCUT2D eigenvalue weighted by molar-refractivity contribution is 5.74. The van der Waals surface area contributed by atoms with E-state index < -0.39 is 0 Å². The summed E-state index contributed by atoms with van der Waals surface area (Å²) >= 11 is 0. The molecule has 0 saturated heterocycles. The van der Waals surface area contributed by atoms with Gasteiger partial charge >= 0.3 is 0 Å². The Hall–Kier alpha value is -1.18. The number of carbonyl (C=O) groups is 1. The van der Waals surface area contributed by atoms with Crippen molar-refractivity contribution in [3.8, 4) is 0 Å². The molecule has 0 aromatic rings. The number of halogens is 1. The van der Waals surface area contributed by atoms with Gasteiger partial charge in [0.05, 0.1) is 5.83 Å². The molecule has 90 valence electrons. The Morgan fingerprint density at radius 1 is 1.31 bits per heavy atom. The summed E-state index contributed by atoms with van der Waals surface area (Å²) in [5.41, 5.74) is 1.82. The lowest BCUT2D eigenvalue weighted by Gasteiger charge is -2.12. The summed E-state index contributed by atoms with van der Waals surface area (Å²) in [5, 5.41) is 0. The quantitative estimate of drug-likeness (QED) is 0.372. The second kappa shape index (κ2) is 8.03. The van der Waals surface area contributed by atoms with Crippen LogP contribution in [-0.2, 0) is 4.79 Å². The van der Waals surface area contributed by atoms with Crippen molar-refractivity contribution >= 4 is 6.29 Å². The normalized spacial score (nSPS) is 16.2. The van der Waals surface area contributed by atoms with Crippen LogP contribution in [0.4, 0.5) is 4.39 Å². The summed E-state index contributed by atoms with van der Waals surface area (Å²) in [5.74, 6) is -0.315. The van der Waals surface area contributed by atoms with Crippen LogP contribution in [0.25, 0.3) is 0 Å². The molecule has 0 N–H and O–H groups in total. The van der Waals surface area contributed by atoms with Crippen molar-refractivity contribution in [1.29, 1.82) is 0 Å². The maximum Gasteiger partial charge on any atom is 0.146 e. The molecule has 1 atom stereocenters. The Balaban J connectivity index is 4.98. The van der Waals surface area contributed by atoms with Crippen LogP contribution in [0.2, 0.25) is 0 Å². The molecule has 0 aliphatic heterocycles. The third-order valence-corrected chi connectivity index (χ3v) is 2.67. The van der Waals surface area contributed by atoms with Crippen molar-refractivity contribution in [3.05, 3.63) is 35.2 Å². The highest BCUT2D eigenvalue weighted by Crippen LogP contribution is 2.23. The molecule has 0 aromatic heterocycles. The van der Waals surface area contributed by atoms with Crippen LogP contribution in [-0.4, -0.2) is 6.29 Å². The van der Waals surface area contributed by atoms with Gasteiger partial charge in [-0.05, 0) is 32.8 Å². The van der Waals surface area contributed by atoms with Crippen molar-refractivity contribution < 1.29 is 9.18 Å². The average Bonchev–Trinajstić information content (AvgIpc) is 2.29. The molecule has 0 fully saturated rings. The second-order valence-electron chi connectivity index (χ2n) is 3.82. The number of hydrogen-bond donors (Lipinski definition) is 0. The van der Waals surface area contributed by atoms with Crippen molar-refractivity contribution in [1.82, 2.24) is 0 Å². The fraction of sp³-hybridized carbons (Fsp3) is 0.500. The van der Waals surface area contributed by atoms with Gasteiger partial charge in [-0.2, -0.15) is 0 Å². The molecule has 1 unspecified atom stereocenters. The molecule has 16 heavy (non-hydrogen) atoms. The molecule has 0 spiro atoms. The molecule has 0 amide bonds. The van der Waals surface area contributed by atoms with Crippen LogP contribution in [0.15, 0.2) is 35.2 Å². The van der Waals surface area contributed by atoms with Crippen molar-refractivity contribution in [2.45, 2.75) is 40.5 Å². The van der Waals surface area contributed by atoms with E-state index in [4.69, 9.17) is 0 Å². The van der Waals surface area contributed by atoms with Crippen molar-refractivity contribution in [2.24, 2.45) is 5.92 Å². The summed E-state index contributed by atoms with van der Waals surface area (Å²) in [7, 11) is 0. The zero-order valence-corrected chi connectivity index (χ0v) is 10.6. The SMILES string of the molecule is C/C=C(/F)CC(/C=C(\C)CC)/C(C=O)=C\C. The average molecular weight is 224 g/mol. The molecule has 0 radical (unpaired) electrons. The maximum atomic E-state index is 13.3. The Labute approximate surface area is 97.7 Å². The summed E-state index contributed by atoms with van der Waals surface area (Å²) in [6.07, 6.45) is 7.18. The lowest BCUT2D eigenvalue weighted by molar-refractivity contribution is -0.105. The fourth-order valence-corrected chi connectivity index (χ4v) is 1.43. The lowest BCUT2D eigenvalue weighted by atomic mass is 9.92. The second-order valence-corrected chi connectivity index (χ2v) is 3.82. The first kappa shape index (κ1) is 14.8. The maximum absolute atomic E-state index is 13.3. The first-order valence-electron chi connectivity index (χ1n) is 5.68. The minimum absolute atomic E-state index is 0.140. The first-order chi connectivity index (χ1) is 7.58. The van der Waals surface area contributed by atoms with Crippen LogP contribution >= 0.6 is 0 Å². The van der Waals surface area contributed by atoms with Gasteiger partial charge in [0, 0.05) is 12.3 Å². The van der Waals surface area contributed by atoms with Gasteiger partial charge in [0.1, 0.15) is 6.29 Å². The van der Waals surface area contributed by atoms with E-state index in [1.807, 2.05) is 19.9 Å². The van der Waals surface area contributed by atoms with Crippen LogP contribution in [0, 0.1) is 5.92 Å². The van der Waals surface area contributed by atoms with Crippen molar-refractivity contribution in [3.63, 3.8) is 0 Å². The monoisotopic (exact) mass is 224 g/mol. The molecule has 0 rings (SSSR count). The summed E-state index contributed by atoms with van der Waals surface area (Å²) in [6.45, 7) is 7.52. The molecule has 0 bridgehead atoms. The van der Waals surface area contributed by atoms with Gasteiger partial charge in [0.15, 0.2) is 0 Å². The van der Waals surface area contributed by atoms with E-state index in [9.17, 15) is 9.18 Å². The number of hydrogen-bond acceptors (Lipinski definition) is 1. The minimum atomic E-state index is -0.175. The zero-order valence-electron chi connectivity index (χ0n) is 10.6. The first-order valence-corrected chi connectivity index (χ1v) is 5.68. The third-order valence-electron chi connectivity index (χ3n) is 2.67. The zero-order chi connectivity index (χ0) is 12.6. The standard InChI is InChI=1S/C14H21FO/c1-5-11(4)8-13(9-14(15)7-3)12(6-2)10-16/h6-8,10,13H,5,9H2,1-4H3/b11-8+,12-6-,14-7+. The Morgan fingerprint density at radius 2 is 1.94 bits per heavy atom. The van der Waals surface area contributed by atoms with Crippen molar-refractivity contribution in [2.75, 3.05) is 0 Å². The van der Waals surface area contributed by atoms with E-state index in [0.717, 1.165) is 12.7 Å². The molecule has 1 nitrogen and oxygen atoms in total. The van der Waals surface area contributed by atoms with E-state index in [-0.39, 0.29) is 18.2 Å². The molecular weight excluding hydrogens is 203 g/mol. The fourth-order valence-electron chi connectivity index (χ4n) is 1.43. The molecule has 0 aromatic carbocycles. The number of aldehydes is 1. The van der Waals surface area contributed by atoms with Gasteiger partial charge in [-0.15, -0.1) is 0 Å². The van der Waals surface area contributed by atoms with Crippen LogP contribution < -0.4 is 0 Å². The van der Waals surface area contributed by atoms with Gasteiger partial charge in [-0.1, -0.05) is 30.7 Å². The van der Waals surface area contributed by atoms with Gasteiger partial charge < -0.3 is 0 Å². The largest absolute Gasteiger partial charge is 0.298 e. The number of allylic oxidation sites excluding steroid dienone is 6. The van der Waals surface area contributed by atoms with Crippen LogP contribution in [0.1, 0.15) is 40.5 Å². The van der Waals surface area contributed by atoms with Gasteiger partial charge in [0.2, 0.25) is 0 Å². The number of rotatable bonds is 6. The lowest BCUT2D eigenvalue weighted by Crippen LogP contribution is -2.04. The van der Waals surface area contributed by atoms with E-state index in [0.29, 0.717) is 5.57 Å². The van der Waals surface area contributed by atoms with Gasteiger partial charge in [-0.25, -0.2) is 4.39 Å². The summed E-state index contributed by atoms with van der Waals surface area (Å²) in [6, 6.07) is 0. The molecule has 0 aliphatic carbocycles. The minimum Gasteiger partial charge on any atom is -0.298 e. The van der Waals surface area contributed by atoms with Crippen LogP contribution in [0.5, 0.6) is 0 Å². The summed E-state index contributed by atoms with van der Waals surface area (Å²) in [4.78, 5) is 10.9. The molecular formula is C14H21FO. The van der Waals surface area contributed by atoms with E-state index >= 15 is 0 Å². The van der Waals surface area contributed by atoms with Crippen LogP contribution in [0.3, 0.4) is 0 Å². The topological polar surface area (TPSA) is 17.1 Å². The smallest absolute Gasteiger partial charge is 0.146 e. The van der Waals surface area contributed by atoms with E-state index in [2.05, 4.69) is 0 Å². The van der Waals surface area contributed by atoms with E-state index in [1.165, 1.54) is 11.6 Å². The number of carbonyl (C=O) groups excluding carboxylic acids is 1. The highest BCUT2D eigenvalue weighted by atomic mass is 19.1. The molecule has 0 saturated carbocycles. The highest BCUT2D eigenvalue weighted by Gasteiger charge is 2.12. The Bertz CT molecular complexity index is 311. The van der Waals surface area contributed by atoms with Gasteiger partial charge in [-0.3, -0.25) is 4.79 Å².